The summed E-state index contributed by atoms with van der Waals surface area (Å²) in [4.78, 5) is 19.4. The van der Waals surface area contributed by atoms with Crippen LogP contribution in [0.3, 0.4) is 0 Å². The molecule has 3 rings (SSSR count). The highest BCUT2D eigenvalue weighted by atomic mass is 16.5. The van der Waals surface area contributed by atoms with E-state index in [9.17, 15) is 4.79 Å². The third kappa shape index (κ3) is 3.10. The Morgan fingerprint density at radius 2 is 2.18 bits per heavy atom. The van der Waals surface area contributed by atoms with Crippen molar-refractivity contribution >= 4 is 11.9 Å². The molecule has 1 saturated heterocycles. The van der Waals surface area contributed by atoms with E-state index >= 15 is 0 Å². The van der Waals surface area contributed by atoms with Gasteiger partial charge in [0.15, 0.2) is 0 Å². The Bertz CT molecular complexity index is 574. The summed E-state index contributed by atoms with van der Waals surface area (Å²) < 4.78 is 5.67. The van der Waals surface area contributed by atoms with Gasteiger partial charge in [-0.25, -0.2) is 4.79 Å². The average molecular weight is 305 g/mol. The number of aromatic nitrogens is 1. The van der Waals surface area contributed by atoms with Crippen LogP contribution >= 0.6 is 0 Å². The van der Waals surface area contributed by atoms with Crippen LogP contribution in [0, 0.1) is 5.41 Å². The number of carboxylic acid groups (broad SMARTS) is 1. The minimum Gasteiger partial charge on any atom is -0.475 e. The quantitative estimate of drug-likeness (QED) is 0.864. The van der Waals surface area contributed by atoms with Gasteiger partial charge >= 0.3 is 6.09 Å². The first-order valence-corrected chi connectivity index (χ1v) is 7.80. The molecule has 1 fully saturated rings. The Kier molecular flexibility index (Phi) is 3.85. The first-order valence-electron chi connectivity index (χ1n) is 7.80. The molecule has 6 nitrogen and oxygen atoms in total. The average Bonchev–Trinajstić information content (AvgIpc) is 2.67. The summed E-state index contributed by atoms with van der Waals surface area (Å²) in [6.07, 6.45) is 1.48. The number of carbonyl (C=O) groups is 1. The number of rotatable bonds is 1. The molecule has 0 bridgehead atoms. The summed E-state index contributed by atoms with van der Waals surface area (Å²) in [5, 5.41) is 9.15. The van der Waals surface area contributed by atoms with Crippen LogP contribution in [0.25, 0.3) is 0 Å². The topological polar surface area (TPSA) is 65.9 Å². The third-order valence-corrected chi connectivity index (χ3v) is 4.38. The van der Waals surface area contributed by atoms with Gasteiger partial charge in [0.1, 0.15) is 12.4 Å². The molecule has 2 aliphatic rings. The van der Waals surface area contributed by atoms with Gasteiger partial charge in [-0.2, -0.15) is 4.98 Å². The summed E-state index contributed by atoms with van der Waals surface area (Å²) in [6, 6.07) is 3.93. The molecule has 1 N–H and O–H groups in total. The van der Waals surface area contributed by atoms with E-state index in [2.05, 4.69) is 23.7 Å². The van der Waals surface area contributed by atoms with E-state index in [0.29, 0.717) is 31.0 Å². The molecule has 0 radical (unpaired) electrons. The van der Waals surface area contributed by atoms with Crippen molar-refractivity contribution in [1.29, 1.82) is 0 Å². The van der Waals surface area contributed by atoms with Gasteiger partial charge in [-0.1, -0.05) is 13.8 Å². The minimum absolute atomic E-state index is 0.299. The fourth-order valence-corrected chi connectivity index (χ4v) is 3.20. The highest BCUT2D eigenvalue weighted by Gasteiger charge is 2.28. The molecule has 0 aromatic carbocycles. The minimum atomic E-state index is -0.918. The lowest BCUT2D eigenvalue weighted by molar-refractivity contribution is 0.137. The van der Waals surface area contributed by atoms with E-state index in [4.69, 9.17) is 9.84 Å². The summed E-state index contributed by atoms with van der Waals surface area (Å²) in [6.45, 7) is 7.62. The number of pyridine rings is 1. The van der Waals surface area contributed by atoms with E-state index in [-0.39, 0.29) is 0 Å². The number of anilines is 1. The van der Waals surface area contributed by atoms with Gasteiger partial charge in [-0.15, -0.1) is 0 Å². The monoisotopic (exact) mass is 305 g/mol. The van der Waals surface area contributed by atoms with Crippen molar-refractivity contribution in [3.8, 4) is 5.88 Å². The summed E-state index contributed by atoms with van der Waals surface area (Å²) >= 11 is 0. The summed E-state index contributed by atoms with van der Waals surface area (Å²) in [5.74, 6) is 1.50. The molecule has 0 aliphatic carbocycles. The van der Waals surface area contributed by atoms with Crippen LogP contribution in [0.1, 0.15) is 32.3 Å². The van der Waals surface area contributed by atoms with Crippen molar-refractivity contribution in [2.24, 2.45) is 5.41 Å². The number of nitrogens with zero attached hydrogens (tertiary/aromatic N) is 3. The molecule has 0 atom stereocenters. The van der Waals surface area contributed by atoms with Crippen molar-refractivity contribution < 1.29 is 14.6 Å². The Hall–Kier alpha value is -1.98. The Morgan fingerprint density at radius 1 is 1.36 bits per heavy atom. The molecule has 2 aliphatic heterocycles. The van der Waals surface area contributed by atoms with Crippen molar-refractivity contribution in [3.63, 3.8) is 0 Å². The van der Waals surface area contributed by atoms with Crippen LogP contribution in [0.2, 0.25) is 0 Å². The molecule has 0 unspecified atom stereocenters. The normalized spacial score (nSPS) is 20.8. The molecule has 0 spiro atoms. The molecule has 6 heteroatoms. The van der Waals surface area contributed by atoms with Crippen LogP contribution in [0.4, 0.5) is 10.6 Å². The second-order valence-electron chi connectivity index (χ2n) is 6.88. The molecule has 120 valence electrons. The fourth-order valence-electron chi connectivity index (χ4n) is 3.20. The van der Waals surface area contributed by atoms with Gasteiger partial charge in [-0.05, 0) is 30.4 Å². The first kappa shape index (κ1) is 14.9. The second kappa shape index (κ2) is 5.66. The number of piperidine rings is 1. The number of hydrogen-bond donors (Lipinski definition) is 1. The second-order valence-corrected chi connectivity index (χ2v) is 6.88. The van der Waals surface area contributed by atoms with Gasteiger partial charge in [0.2, 0.25) is 5.88 Å². The maximum absolute atomic E-state index is 11.1. The fraction of sp³-hybridized carbons (Fsp3) is 0.625. The van der Waals surface area contributed by atoms with E-state index in [0.717, 1.165) is 24.5 Å². The Labute approximate surface area is 130 Å². The van der Waals surface area contributed by atoms with Crippen molar-refractivity contribution in [2.45, 2.75) is 33.2 Å². The molecule has 1 amide bonds. The van der Waals surface area contributed by atoms with Crippen LogP contribution < -0.4 is 9.64 Å². The predicted octanol–water partition coefficient (Wildman–Crippen LogP) is 2.58. The number of hydrogen-bond acceptors (Lipinski definition) is 4. The van der Waals surface area contributed by atoms with Crippen molar-refractivity contribution in [2.75, 3.05) is 31.1 Å². The van der Waals surface area contributed by atoms with E-state index in [1.807, 2.05) is 12.1 Å². The lowest BCUT2D eigenvalue weighted by Gasteiger charge is -2.38. The molecular formula is C16H23N3O3. The van der Waals surface area contributed by atoms with E-state index in [1.54, 1.807) is 0 Å². The molecule has 1 aromatic heterocycles. The number of fused-ring (bicyclic) bond motifs is 1. The molecule has 1 aromatic rings. The van der Waals surface area contributed by atoms with Crippen LogP contribution in [0.15, 0.2) is 12.1 Å². The summed E-state index contributed by atoms with van der Waals surface area (Å²) in [5.41, 5.74) is 1.13. The van der Waals surface area contributed by atoms with Gasteiger partial charge < -0.3 is 19.6 Å². The van der Waals surface area contributed by atoms with E-state index in [1.165, 1.54) is 17.7 Å². The van der Waals surface area contributed by atoms with Gasteiger partial charge in [0, 0.05) is 18.7 Å². The zero-order valence-electron chi connectivity index (χ0n) is 13.2. The molecule has 0 saturated carbocycles. The lowest BCUT2D eigenvalue weighted by Crippen LogP contribution is -2.40. The maximum Gasteiger partial charge on any atom is 0.407 e. The Morgan fingerprint density at radius 3 is 2.91 bits per heavy atom. The maximum atomic E-state index is 11.1. The van der Waals surface area contributed by atoms with Gasteiger partial charge in [-0.3, -0.25) is 0 Å². The lowest BCUT2D eigenvalue weighted by atomic mass is 9.84. The third-order valence-electron chi connectivity index (χ3n) is 4.38. The van der Waals surface area contributed by atoms with Crippen molar-refractivity contribution in [3.05, 3.63) is 17.7 Å². The van der Waals surface area contributed by atoms with Gasteiger partial charge in [0.25, 0.3) is 0 Å². The van der Waals surface area contributed by atoms with Gasteiger partial charge in [0.05, 0.1) is 13.1 Å². The highest BCUT2D eigenvalue weighted by Crippen LogP contribution is 2.32. The van der Waals surface area contributed by atoms with Crippen LogP contribution in [-0.2, 0) is 6.54 Å². The number of amides is 1. The highest BCUT2D eigenvalue weighted by molar-refractivity contribution is 5.65. The van der Waals surface area contributed by atoms with Crippen molar-refractivity contribution in [1.82, 2.24) is 9.88 Å². The zero-order chi connectivity index (χ0) is 15.7. The zero-order valence-corrected chi connectivity index (χ0v) is 13.2. The molecular weight excluding hydrogens is 282 g/mol. The molecule has 22 heavy (non-hydrogen) atoms. The largest absolute Gasteiger partial charge is 0.475 e. The first-order chi connectivity index (χ1) is 10.4. The predicted molar refractivity (Wildman–Crippen MR) is 83.4 cm³/mol. The van der Waals surface area contributed by atoms with Crippen LogP contribution in [-0.4, -0.2) is 47.3 Å². The molecule has 3 heterocycles. The summed E-state index contributed by atoms with van der Waals surface area (Å²) in [7, 11) is 0. The Balaban J connectivity index is 1.82. The smallest absolute Gasteiger partial charge is 0.407 e. The SMILES string of the molecule is CC1(C)CCCN(c2ccc3c(n2)OCCN(C(=O)O)C3)C1. The van der Waals surface area contributed by atoms with Crippen LogP contribution in [0.5, 0.6) is 5.88 Å². The number of ether oxygens (including phenoxy) is 1. The standard InChI is InChI=1S/C16H23N3O3/c1-16(2)6-3-7-19(11-16)13-5-4-12-10-18(15(20)21)8-9-22-14(12)17-13/h4-5H,3,6-11H2,1-2H3,(H,20,21). The van der Waals surface area contributed by atoms with E-state index < -0.39 is 6.09 Å².